The number of hydrogen-bond donors (Lipinski definition) is 0. The third kappa shape index (κ3) is 4.94. The number of nitriles is 1. The molecule has 2 heterocycles. The summed E-state index contributed by atoms with van der Waals surface area (Å²) < 4.78 is 0. The van der Waals surface area contributed by atoms with Crippen LogP contribution in [0.15, 0.2) is 143 Å². The Hall–Kier alpha value is -5.57. The molecule has 1 aliphatic heterocycles. The molecule has 0 aliphatic carbocycles. The number of fused-ring (bicyclic) bond motifs is 3. The van der Waals surface area contributed by atoms with Crippen molar-refractivity contribution in [3.8, 4) is 51.4 Å². The van der Waals surface area contributed by atoms with Crippen molar-refractivity contribution in [2.24, 2.45) is 0 Å². The lowest BCUT2D eigenvalue weighted by Crippen LogP contribution is -2.24. The first-order valence-corrected chi connectivity index (χ1v) is 16.1. The zero-order chi connectivity index (χ0) is 31.3. The molecule has 0 atom stereocenters. The lowest BCUT2D eigenvalue weighted by atomic mass is 9.76. The summed E-state index contributed by atoms with van der Waals surface area (Å²) in [6.07, 6.45) is 0. The summed E-state index contributed by atoms with van der Waals surface area (Å²) in [5, 5.41) is 11.8. The van der Waals surface area contributed by atoms with E-state index < -0.39 is 0 Å². The van der Waals surface area contributed by atoms with Crippen LogP contribution in [0, 0.1) is 11.3 Å². The van der Waals surface area contributed by atoms with Crippen LogP contribution in [0.2, 0.25) is 0 Å². The van der Waals surface area contributed by atoms with Gasteiger partial charge in [0.25, 0.3) is 0 Å². The smallest absolute Gasteiger partial charge is 0.164 e. The minimum atomic E-state index is -0.226. The summed E-state index contributed by atoms with van der Waals surface area (Å²) in [5.74, 6) is 1.93. The highest BCUT2D eigenvalue weighted by atomic mass is 32.2. The van der Waals surface area contributed by atoms with E-state index in [2.05, 4.69) is 105 Å². The summed E-state index contributed by atoms with van der Waals surface area (Å²) in [7, 11) is 0. The topological polar surface area (TPSA) is 62.5 Å². The van der Waals surface area contributed by atoms with Gasteiger partial charge >= 0.3 is 0 Å². The van der Waals surface area contributed by atoms with E-state index in [4.69, 9.17) is 15.0 Å². The minimum Gasteiger partial charge on any atom is -0.208 e. The Labute approximate surface area is 272 Å². The van der Waals surface area contributed by atoms with Crippen LogP contribution < -0.4 is 0 Å². The average Bonchev–Trinajstić information content (AvgIpc) is 3.11. The second-order valence-corrected chi connectivity index (χ2v) is 13.2. The van der Waals surface area contributed by atoms with E-state index in [1.807, 2.05) is 48.5 Å². The molecule has 5 heteroatoms. The Balaban J connectivity index is 1.17. The van der Waals surface area contributed by atoms with E-state index in [0.29, 0.717) is 23.0 Å². The maximum atomic E-state index is 9.52. The molecule has 0 bridgehead atoms. The van der Waals surface area contributed by atoms with Crippen LogP contribution in [0.25, 0.3) is 56.1 Å². The number of rotatable bonds is 4. The molecule has 0 fully saturated rings. The van der Waals surface area contributed by atoms with Crippen molar-refractivity contribution >= 4 is 22.5 Å². The number of aromatic nitrogens is 3. The second kappa shape index (κ2) is 11.1. The van der Waals surface area contributed by atoms with Gasteiger partial charge in [-0.05, 0) is 69.4 Å². The number of nitrogens with zero attached hydrogens (tertiary/aromatic N) is 4. The first-order chi connectivity index (χ1) is 22.5. The van der Waals surface area contributed by atoms with Gasteiger partial charge in [0, 0.05) is 31.9 Å². The Bertz CT molecular complexity index is 2320. The summed E-state index contributed by atoms with van der Waals surface area (Å²) in [6.45, 7) is 4.49. The number of hydrogen-bond acceptors (Lipinski definition) is 5. The van der Waals surface area contributed by atoms with Crippen LogP contribution in [0.1, 0.15) is 30.5 Å². The van der Waals surface area contributed by atoms with Gasteiger partial charge in [-0.3, -0.25) is 0 Å². The molecule has 218 valence electrons. The van der Waals surface area contributed by atoms with Gasteiger partial charge in [-0.2, -0.15) is 5.26 Å². The third-order valence-electron chi connectivity index (χ3n) is 8.81. The molecule has 1 aromatic heterocycles. The predicted molar refractivity (Wildman–Crippen MR) is 186 cm³/mol. The maximum Gasteiger partial charge on any atom is 0.164 e. The van der Waals surface area contributed by atoms with Crippen LogP contribution >= 0.6 is 11.8 Å². The molecule has 0 radical (unpaired) electrons. The third-order valence-corrected chi connectivity index (χ3v) is 9.96. The fraction of sp³-hybridized carbons (Fsp3) is 0.0732. The summed E-state index contributed by atoms with van der Waals surface area (Å²) >= 11 is 1.78. The summed E-state index contributed by atoms with van der Waals surface area (Å²) in [6, 6.07) is 48.2. The summed E-state index contributed by atoms with van der Waals surface area (Å²) in [4.78, 5) is 17.3. The van der Waals surface area contributed by atoms with E-state index in [1.165, 1.54) is 26.3 Å². The van der Waals surface area contributed by atoms with Crippen LogP contribution in [0.3, 0.4) is 0 Å². The molecule has 0 saturated heterocycles. The molecular formula is C41H28N4S. The highest BCUT2D eigenvalue weighted by Crippen LogP contribution is 2.50. The molecule has 8 rings (SSSR count). The van der Waals surface area contributed by atoms with Gasteiger partial charge in [0.15, 0.2) is 17.5 Å². The van der Waals surface area contributed by atoms with Crippen molar-refractivity contribution in [1.82, 2.24) is 15.0 Å². The Morgan fingerprint density at radius 1 is 0.500 bits per heavy atom. The van der Waals surface area contributed by atoms with Crippen LogP contribution in [-0.4, -0.2) is 15.0 Å². The quantitative estimate of drug-likeness (QED) is 0.199. The van der Waals surface area contributed by atoms with Crippen LogP contribution in [0.5, 0.6) is 0 Å². The van der Waals surface area contributed by atoms with Crippen molar-refractivity contribution in [2.75, 3.05) is 0 Å². The SMILES string of the molecule is CC1(C)c2cc(C#N)ccc2Sc2ccc(-c3ccc(-c4nc(-c5ccccc5)nc(-c5ccc6ccccc6c5)n4)cc3)cc21. The molecule has 6 aromatic carbocycles. The van der Waals surface area contributed by atoms with Crippen molar-refractivity contribution in [3.05, 3.63) is 150 Å². The highest BCUT2D eigenvalue weighted by molar-refractivity contribution is 7.99. The lowest BCUT2D eigenvalue weighted by molar-refractivity contribution is 0.607. The van der Waals surface area contributed by atoms with Crippen LogP contribution in [-0.2, 0) is 5.41 Å². The Morgan fingerprint density at radius 2 is 1.04 bits per heavy atom. The van der Waals surface area contributed by atoms with Crippen molar-refractivity contribution in [3.63, 3.8) is 0 Å². The van der Waals surface area contributed by atoms with E-state index in [1.54, 1.807) is 11.8 Å². The van der Waals surface area contributed by atoms with Gasteiger partial charge in [0.1, 0.15) is 0 Å². The molecule has 0 amide bonds. The molecule has 46 heavy (non-hydrogen) atoms. The molecule has 0 unspecified atom stereocenters. The fourth-order valence-corrected chi connectivity index (χ4v) is 7.58. The van der Waals surface area contributed by atoms with Crippen molar-refractivity contribution in [1.29, 1.82) is 5.26 Å². The standard InChI is InChI=1S/C41H28N4S/c1-41(2)34-22-26(25-42)12-20-36(34)46-37-21-19-32(24-35(37)41)28-13-16-30(17-14-28)39-43-38(29-9-4-3-5-10-29)44-40(45-39)33-18-15-27-8-6-7-11-31(27)23-33/h3-24H,1-2H3. The normalized spacial score (nSPS) is 13.1. The van der Waals surface area contributed by atoms with Gasteiger partial charge in [0.05, 0.1) is 11.6 Å². The fourth-order valence-electron chi connectivity index (χ4n) is 6.22. The van der Waals surface area contributed by atoms with Gasteiger partial charge in [0.2, 0.25) is 0 Å². The van der Waals surface area contributed by atoms with Gasteiger partial charge in [-0.25, -0.2) is 15.0 Å². The van der Waals surface area contributed by atoms with Crippen LogP contribution in [0.4, 0.5) is 0 Å². The largest absolute Gasteiger partial charge is 0.208 e. The Morgan fingerprint density at radius 3 is 1.76 bits per heavy atom. The maximum absolute atomic E-state index is 9.52. The molecule has 7 aromatic rings. The molecule has 4 nitrogen and oxygen atoms in total. The second-order valence-electron chi connectivity index (χ2n) is 12.1. The average molecular weight is 609 g/mol. The van der Waals surface area contributed by atoms with Gasteiger partial charge in [-0.15, -0.1) is 0 Å². The zero-order valence-corrected chi connectivity index (χ0v) is 26.2. The Kier molecular flexibility index (Phi) is 6.74. The molecule has 0 spiro atoms. The van der Waals surface area contributed by atoms with E-state index >= 15 is 0 Å². The zero-order valence-electron chi connectivity index (χ0n) is 25.4. The van der Waals surface area contributed by atoms with E-state index in [-0.39, 0.29) is 5.41 Å². The van der Waals surface area contributed by atoms with Crippen molar-refractivity contribution in [2.45, 2.75) is 29.1 Å². The molecule has 1 aliphatic rings. The van der Waals surface area contributed by atoms with E-state index in [0.717, 1.165) is 33.2 Å². The van der Waals surface area contributed by atoms with Gasteiger partial charge < -0.3 is 0 Å². The predicted octanol–water partition coefficient (Wildman–Crippen LogP) is 10.4. The molecule has 0 saturated carbocycles. The monoisotopic (exact) mass is 608 g/mol. The first-order valence-electron chi connectivity index (χ1n) is 15.2. The lowest BCUT2D eigenvalue weighted by Gasteiger charge is -2.35. The highest BCUT2D eigenvalue weighted by Gasteiger charge is 2.33. The molecule has 0 N–H and O–H groups in total. The van der Waals surface area contributed by atoms with Crippen molar-refractivity contribution < 1.29 is 0 Å². The first kappa shape index (κ1) is 27.9. The minimum absolute atomic E-state index is 0.226. The van der Waals surface area contributed by atoms with E-state index in [9.17, 15) is 5.26 Å². The summed E-state index contributed by atoms with van der Waals surface area (Å²) in [5.41, 5.74) is 8.03. The molecular weight excluding hydrogens is 581 g/mol. The van der Waals surface area contributed by atoms with Gasteiger partial charge in [-0.1, -0.05) is 123 Å². The number of benzene rings is 6.